The Morgan fingerprint density at radius 1 is 0.829 bits per heavy atom. The van der Waals surface area contributed by atoms with Crippen LogP contribution in [-0.2, 0) is 6.54 Å². The predicted octanol–water partition coefficient (Wildman–Crippen LogP) is 8.18. The normalized spacial score (nSPS) is 11.4. The molecule has 4 aromatic carbocycles. The first kappa shape index (κ1) is 26.4. The molecule has 6 aromatic rings. The van der Waals surface area contributed by atoms with E-state index in [4.69, 9.17) is 11.6 Å². The van der Waals surface area contributed by atoms with E-state index < -0.39 is 0 Å². The lowest BCUT2D eigenvalue weighted by atomic mass is 10.1. The molecule has 2 aromatic heterocycles. The number of aryl methyl sites for hydroxylation is 1. The van der Waals surface area contributed by atoms with Crippen molar-refractivity contribution in [2.24, 2.45) is 5.10 Å². The molecular formula is C35H29ClN4O. The van der Waals surface area contributed by atoms with Crippen molar-refractivity contribution in [2.75, 3.05) is 0 Å². The van der Waals surface area contributed by atoms with Crippen molar-refractivity contribution in [3.8, 4) is 16.9 Å². The first-order chi connectivity index (χ1) is 20.0. The molecule has 0 fully saturated rings. The van der Waals surface area contributed by atoms with Gasteiger partial charge in [-0.3, -0.25) is 4.79 Å². The van der Waals surface area contributed by atoms with Gasteiger partial charge in [0.25, 0.3) is 5.91 Å². The number of nitrogens with one attached hydrogen (secondary N) is 1. The fraction of sp³-hybridized carbons (Fsp3) is 0.0857. The van der Waals surface area contributed by atoms with Gasteiger partial charge in [0.15, 0.2) is 0 Å². The Morgan fingerprint density at radius 2 is 1.54 bits per heavy atom. The van der Waals surface area contributed by atoms with E-state index in [1.54, 1.807) is 6.21 Å². The molecule has 1 N–H and O–H groups in total. The van der Waals surface area contributed by atoms with Gasteiger partial charge in [0.05, 0.1) is 11.9 Å². The first-order valence-corrected chi connectivity index (χ1v) is 13.9. The summed E-state index contributed by atoms with van der Waals surface area (Å²) in [5, 5.41) is 6.14. The first-order valence-electron chi connectivity index (χ1n) is 13.5. The summed E-state index contributed by atoms with van der Waals surface area (Å²) < 4.78 is 4.42. The van der Waals surface area contributed by atoms with Crippen LogP contribution in [0.25, 0.3) is 27.8 Å². The molecule has 0 spiro atoms. The van der Waals surface area contributed by atoms with Crippen LogP contribution in [0.4, 0.5) is 0 Å². The van der Waals surface area contributed by atoms with Gasteiger partial charge in [-0.2, -0.15) is 5.10 Å². The Bertz CT molecular complexity index is 1880. The van der Waals surface area contributed by atoms with Crippen LogP contribution in [0, 0.1) is 13.8 Å². The minimum Gasteiger partial charge on any atom is -0.340 e. The number of hydrazone groups is 1. The summed E-state index contributed by atoms with van der Waals surface area (Å²) in [5.74, 6) is -0.266. The number of amides is 1. The molecule has 5 nitrogen and oxygen atoms in total. The summed E-state index contributed by atoms with van der Waals surface area (Å²) in [5.41, 5.74) is 11.7. The number of benzene rings is 4. The van der Waals surface area contributed by atoms with E-state index in [-0.39, 0.29) is 5.91 Å². The van der Waals surface area contributed by atoms with Crippen molar-refractivity contribution in [3.63, 3.8) is 0 Å². The molecule has 1 amide bonds. The predicted molar refractivity (Wildman–Crippen MR) is 168 cm³/mol. The Morgan fingerprint density at radius 3 is 2.32 bits per heavy atom. The van der Waals surface area contributed by atoms with Gasteiger partial charge in [-0.05, 0) is 73.5 Å². The average Bonchev–Trinajstić information content (AvgIpc) is 3.52. The van der Waals surface area contributed by atoms with Crippen molar-refractivity contribution in [1.82, 2.24) is 14.6 Å². The van der Waals surface area contributed by atoms with Crippen LogP contribution < -0.4 is 5.43 Å². The highest BCUT2D eigenvalue weighted by molar-refractivity contribution is 6.31. The summed E-state index contributed by atoms with van der Waals surface area (Å²) in [6.45, 7) is 4.78. The Labute approximate surface area is 244 Å². The van der Waals surface area contributed by atoms with Gasteiger partial charge in [-0.15, -0.1) is 0 Å². The second kappa shape index (κ2) is 11.3. The monoisotopic (exact) mass is 556 g/mol. The van der Waals surface area contributed by atoms with E-state index in [2.05, 4.69) is 69.9 Å². The molecule has 0 atom stereocenters. The van der Waals surface area contributed by atoms with Crippen LogP contribution in [0.3, 0.4) is 0 Å². The number of fused-ring (bicyclic) bond motifs is 1. The number of nitrogens with zero attached hydrogens (tertiary/aromatic N) is 3. The highest BCUT2D eigenvalue weighted by Gasteiger charge is 2.14. The number of aromatic nitrogens is 2. The minimum atomic E-state index is -0.266. The Hall–Kier alpha value is -4.87. The second-order valence-corrected chi connectivity index (χ2v) is 10.4. The van der Waals surface area contributed by atoms with E-state index in [9.17, 15) is 4.79 Å². The van der Waals surface area contributed by atoms with Gasteiger partial charge in [0.2, 0.25) is 0 Å². The van der Waals surface area contributed by atoms with E-state index in [1.807, 2.05) is 78.9 Å². The molecule has 0 radical (unpaired) electrons. The van der Waals surface area contributed by atoms with Gasteiger partial charge >= 0.3 is 0 Å². The Balaban J connectivity index is 1.22. The molecular weight excluding hydrogens is 528 g/mol. The number of halogens is 1. The third-order valence-electron chi connectivity index (χ3n) is 7.46. The third kappa shape index (κ3) is 5.20. The molecule has 202 valence electrons. The van der Waals surface area contributed by atoms with Gasteiger partial charge in [0.1, 0.15) is 0 Å². The van der Waals surface area contributed by atoms with Crippen LogP contribution in [0.1, 0.15) is 32.9 Å². The topological polar surface area (TPSA) is 51.3 Å². The van der Waals surface area contributed by atoms with Crippen LogP contribution in [-0.4, -0.2) is 21.3 Å². The van der Waals surface area contributed by atoms with Crippen molar-refractivity contribution in [3.05, 3.63) is 148 Å². The van der Waals surface area contributed by atoms with Crippen molar-refractivity contribution in [2.45, 2.75) is 20.4 Å². The molecule has 0 aliphatic heterocycles. The summed E-state index contributed by atoms with van der Waals surface area (Å²) in [6.07, 6.45) is 1.72. The molecule has 6 rings (SSSR count). The molecule has 2 heterocycles. The maximum absolute atomic E-state index is 13.0. The van der Waals surface area contributed by atoms with Gasteiger partial charge < -0.3 is 9.13 Å². The second-order valence-electron chi connectivity index (χ2n) is 10.0. The number of rotatable bonds is 7. The van der Waals surface area contributed by atoms with Crippen LogP contribution in [0.15, 0.2) is 120 Å². The number of hydrogen-bond acceptors (Lipinski definition) is 2. The third-order valence-corrected chi connectivity index (χ3v) is 7.83. The minimum absolute atomic E-state index is 0.266. The quantitative estimate of drug-likeness (QED) is 0.156. The molecule has 0 saturated carbocycles. The van der Waals surface area contributed by atoms with Crippen LogP contribution in [0.2, 0.25) is 5.02 Å². The highest BCUT2D eigenvalue weighted by Crippen LogP contribution is 2.28. The fourth-order valence-electron chi connectivity index (χ4n) is 5.32. The van der Waals surface area contributed by atoms with Crippen molar-refractivity contribution >= 4 is 34.6 Å². The lowest BCUT2D eigenvalue weighted by molar-refractivity contribution is 0.0955. The van der Waals surface area contributed by atoms with E-state index >= 15 is 0 Å². The highest BCUT2D eigenvalue weighted by atomic mass is 35.5. The summed E-state index contributed by atoms with van der Waals surface area (Å²) in [6, 6.07) is 38.2. The Kier molecular flexibility index (Phi) is 7.28. The zero-order valence-electron chi connectivity index (χ0n) is 22.9. The van der Waals surface area contributed by atoms with Crippen LogP contribution in [0.5, 0.6) is 0 Å². The maximum Gasteiger partial charge on any atom is 0.271 e. The summed E-state index contributed by atoms with van der Waals surface area (Å²) >= 11 is 6.45. The van der Waals surface area contributed by atoms with E-state index in [0.29, 0.717) is 12.1 Å². The molecule has 6 heteroatoms. The van der Waals surface area contributed by atoms with E-state index in [1.165, 1.54) is 0 Å². The molecule has 41 heavy (non-hydrogen) atoms. The standard InChI is InChI=1S/C35H29ClN4O/c1-24-16-21-33(26-10-4-3-5-11-26)40(24)29-19-17-27(18-20-29)35(41)38-37-22-31-25(2)39(34-15-9-7-13-30(31)34)23-28-12-6-8-14-32(28)36/h3-22H,23H2,1-2H3,(H,38,41)/b37-22+. The zero-order chi connectivity index (χ0) is 28.3. The number of carbonyl (C=O) groups is 1. The summed E-state index contributed by atoms with van der Waals surface area (Å²) in [4.78, 5) is 13.0. The number of carbonyl (C=O) groups excluding carboxylic acids is 1. The molecule has 0 unspecified atom stereocenters. The van der Waals surface area contributed by atoms with Gasteiger partial charge in [-0.1, -0.05) is 78.3 Å². The number of para-hydroxylation sites is 1. The van der Waals surface area contributed by atoms with Gasteiger partial charge in [-0.25, -0.2) is 5.43 Å². The fourth-order valence-corrected chi connectivity index (χ4v) is 5.51. The van der Waals surface area contributed by atoms with Crippen LogP contribution >= 0.6 is 11.6 Å². The lowest BCUT2D eigenvalue weighted by Gasteiger charge is -2.12. The van der Waals surface area contributed by atoms with Crippen molar-refractivity contribution < 1.29 is 4.79 Å². The molecule has 0 aliphatic carbocycles. The summed E-state index contributed by atoms with van der Waals surface area (Å²) in [7, 11) is 0. The number of hydrogen-bond donors (Lipinski definition) is 1. The van der Waals surface area contributed by atoms with E-state index in [0.717, 1.165) is 55.4 Å². The molecule has 0 aliphatic rings. The SMILES string of the molecule is Cc1ccc(-c2ccccc2)n1-c1ccc(C(=O)N/N=C/c2c(C)n(Cc3ccccc3Cl)c3ccccc23)cc1. The molecule has 0 bridgehead atoms. The zero-order valence-corrected chi connectivity index (χ0v) is 23.6. The largest absolute Gasteiger partial charge is 0.340 e. The lowest BCUT2D eigenvalue weighted by Crippen LogP contribution is -2.17. The smallest absolute Gasteiger partial charge is 0.271 e. The molecule has 0 saturated heterocycles. The van der Waals surface area contributed by atoms with Gasteiger partial charge in [0, 0.05) is 50.7 Å². The maximum atomic E-state index is 13.0. The average molecular weight is 557 g/mol. The van der Waals surface area contributed by atoms with Crippen molar-refractivity contribution in [1.29, 1.82) is 0 Å².